The highest BCUT2D eigenvalue weighted by Crippen LogP contribution is 2.19. The lowest BCUT2D eigenvalue weighted by molar-refractivity contribution is -0.385. The minimum absolute atomic E-state index is 0.0585. The molecule has 0 atom stereocenters. The highest BCUT2D eigenvalue weighted by molar-refractivity contribution is 6.07. The summed E-state index contributed by atoms with van der Waals surface area (Å²) >= 11 is 0. The Labute approximate surface area is 132 Å². The van der Waals surface area contributed by atoms with Crippen molar-refractivity contribution in [2.75, 3.05) is 6.61 Å². The van der Waals surface area contributed by atoms with Gasteiger partial charge in [0.25, 0.3) is 5.69 Å². The molecule has 2 aromatic rings. The smallest absolute Gasteiger partial charge is 0.276 e. The van der Waals surface area contributed by atoms with Gasteiger partial charge in [-0.05, 0) is 42.5 Å². The summed E-state index contributed by atoms with van der Waals surface area (Å²) in [5.41, 5.74) is 0.723. The van der Waals surface area contributed by atoms with Crippen LogP contribution in [0.4, 0.5) is 5.69 Å². The van der Waals surface area contributed by atoms with Crippen LogP contribution in [0.2, 0.25) is 0 Å². The molecule has 6 heteroatoms. The molecule has 0 aliphatic carbocycles. The maximum absolute atomic E-state index is 12.1. The van der Waals surface area contributed by atoms with E-state index in [2.05, 4.69) is 0 Å². The zero-order valence-corrected chi connectivity index (χ0v) is 12.0. The number of hydrogen-bond acceptors (Lipinski definition) is 5. The number of carbonyl (C=O) groups is 1. The quantitative estimate of drug-likeness (QED) is 0.353. The first-order valence-electron chi connectivity index (χ1n) is 6.67. The fraction of sp³-hybridized carbons (Fsp3) is 0.0588. The fourth-order valence-corrected chi connectivity index (χ4v) is 1.89. The first-order valence-corrected chi connectivity index (χ1v) is 6.67. The van der Waals surface area contributed by atoms with Gasteiger partial charge in [-0.15, -0.1) is 0 Å². The molecule has 0 saturated heterocycles. The first kappa shape index (κ1) is 15.9. The molecule has 0 radical (unpaired) electrons. The molecule has 0 aliphatic heterocycles. The van der Waals surface area contributed by atoms with Crippen molar-refractivity contribution in [3.05, 3.63) is 75.8 Å². The number of ketones is 1. The molecule has 0 N–H and O–H groups in total. The van der Waals surface area contributed by atoms with E-state index in [0.29, 0.717) is 16.9 Å². The van der Waals surface area contributed by atoms with E-state index in [4.69, 9.17) is 10.00 Å². The summed E-state index contributed by atoms with van der Waals surface area (Å²) in [6, 6.07) is 14.3. The predicted molar refractivity (Wildman–Crippen MR) is 84.0 cm³/mol. The molecule has 0 bridgehead atoms. The second-order valence-electron chi connectivity index (χ2n) is 4.48. The van der Waals surface area contributed by atoms with Crippen molar-refractivity contribution in [1.29, 1.82) is 5.26 Å². The van der Waals surface area contributed by atoms with E-state index in [1.807, 2.05) is 6.07 Å². The lowest BCUT2D eigenvalue weighted by Crippen LogP contribution is -1.97. The summed E-state index contributed by atoms with van der Waals surface area (Å²) in [5, 5.41) is 19.3. The van der Waals surface area contributed by atoms with Crippen molar-refractivity contribution in [3.8, 4) is 11.8 Å². The monoisotopic (exact) mass is 308 g/mol. The molecule has 23 heavy (non-hydrogen) atoms. The van der Waals surface area contributed by atoms with Crippen LogP contribution in [0, 0.1) is 21.4 Å². The first-order chi connectivity index (χ1) is 11.1. The van der Waals surface area contributed by atoms with Crippen molar-refractivity contribution in [2.45, 2.75) is 0 Å². The lowest BCUT2D eigenvalue weighted by atomic mass is 10.1. The average molecular weight is 308 g/mol. The van der Waals surface area contributed by atoms with Crippen LogP contribution in [0.25, 0.3) is 6.08 Å². The molecular formula is C17H12N2O4. The molecule has 0 fully saturated rings. The number of nitro benzene ring substituents is 1. The summed E-state index contributed by atoms with van der Waals surface area (Å²) < 4.78 is 5.10. The van der Waals surface area contributed by atoms with Gasteiger partial charge in [-0.25, -0.2) is 0 Å². The molecule has 0 spiro atoms. The normalized spacial score (nSPS) is 10.2. The van der Waals surface area contributed by atoms with E-state index in [0.717, 1.165) is 0 Å². The highest BCUT2D eigenvalue weighted by atomic mass is 16.6. The zero-order valence-electron chi connectivity index (χ0n) is 12.0. The number of benzene rings is 2. The van der Waals surface area contributed by atoms with Gasteiger partial charge in [0.15, 0.2) is 12.4 Å². The van der Waals surface area contributed by atoms with Crippen LogP contribution >= 0.6 is 0 Å². The van der Waals surface area contributed by atoms with Gasteiger partial charge in [0, 0.05) is 11.6 Å². The Bertz CT molecular complexity index is 789. The number of hydrogen-bond donors (Lipinski definition) is 0. The average Bonchev–Trinajstić information content (AvgIpc) is 2.58. The molecule has 0 unspecified atom stereocenters. The number of rotatable bonds is 6. The number of allylic oxidation sites excluding steroid dienone is 1. The second kappa shape index (κ2) is 7.52. The molecule has 0 heterocycles. The van der Waals surface area contributed by atoms with Gasteiger partial charge in [-0.3, -0.25) is 14.9 Å². The van der Waals surface area contributed by atoms with Crippen molar-refractivity contribution in [1.82, 2.24) is 0 Å². The third kappa shape index (κ3) is 4.25. The molecule has 2 aromatic carbocycles. The van der Waals surface area contributed by atoms with Gasteiger partial charge in [0.1, 0.15) is 11.8 Å². The van der Waals surface area contributed by atoms with Gasteiger partial charge in [-0.2, -0.15) is 5.26 Å². The van der Waals surface area contributed by atoms with E-state index < -0.39 is 4.92 Å². The van der Waals surface area contributed by atoms with Gasteiger partial charge in [-0.1, -0.05) is 12.1 Å². The van der Waals surface area contributed by atoms with Crippen molar-refractivity contribution >= 4 is 17.5 Å². The maximum Gasteiger partial charge on any atom is 0.276 e. The molecule has 114 valence electrons. The number of nitriles is 1. The van der Waals surface area contributed by atoms with Crippen LogP contribution in [0.3, 0.4) is 0 Å². The number of nitrogens with zero attached hydrogens (tertiary/aromatic N) is 2. The van der Waals surface area contributed by atoms with E-state index in [1.165, 1.54) is 18.2 Å². The summed E-state index contributed by atoms with van der Waals surface area (Å²) in [5.74, 6) is 0.209. The molecule has 6 nitrogen and oxygen atoms in total. The molecule has 0 saturated carbocycles. The summed E-state index contributed by atoms with van der Waals surface area (Å²) in [7, 11) is 0. The molecular weight excluding hydrogens is 296 g/mol. The zero-order chi connectivity index (χ0) is 16.7. The summed E-state index contributed by atoms with van der Waals surface area (Å²) in [6.45, 7) is -0.0646. The van der Waals surface area contributed by atoms with Crippen LogP contribution in [0.1, 0.15) is 15.9 Å². The maximum atomic E-state index is 12.1. The summed E-state index contributed by atoms with van der Waals surface area (Å²) in [4.78, 5) is 22.5. The van der Waals surface area contributed by atoms with E-state index >= 15 is 0 Å². The van der Waals surface area contributed by atoms with E-state index in [9.17, 15) is 14.9 Å². The lowest BCUT2D eigenvalue weighted by Gasteiger charge is -2.02. The molecule has 0 aromatic heterocycles. The number of nitro groups is 1. The van der Waals surface area contributed by atoms with Gasteiger partial charge in [0.05, 0.1) is 10.5 Å². The van der Waals surface area contributed by atoms with Crippen molar-refractivity contribution in [3.63, 3.8) is 0 Å². The highest BCUT2D eigenvalue weighted by Gasteiger charge is 2.10. The van der Waals surface area contributed by atoms with Crippen LogP contribution in [0.15, 0.2) is 54.6 Å². The molecule has 0 aliphatic rings. The van der Waals surface area contributed by atoms with Crippen molar-refractivity contribution < 1.29 is 14.5 Å². The minimum Gasteiger partial charge on any atom is -0.479 e. The predicted octanol–water partition coefficient (Wildman–Crippen LogP) is 3.39. The Hall–Kier alpha value is -3.46. The Morgan fingerprint density at radius 1 is 1.22 bits per heavy atom. The van der Waals surface area contributed by atoms with E-state index in [1.54, 1.807) is 42.5 Å². The Balaban J connectivity index is 2.13. The Morgan fingerprint density at radius 3 is 2.57 bits per heavy atom. The van der Waals surface area contributed by atoms with Crippen LogP contribution in [-0.2, 0) is 0 Å². The third-order valence-corrected chi connectivity index (χ3v) is 2.99. The van der Waals surface area contributed by atoms with Gasteiger partial charge >= 0.3 is 0 Å². The number of ether oxygens (including phenoxy) is 1. The fourth-order valence-electron chi connectivity index (χ4n) is 1.89. The third-order valence-electron chi connectivity index (χ3n) is 2.99. The second-order valence-corrected chi connectivity index (χ2v) is 4.48. The number of carbonyl (C=O) groups excluding carboxylic acids is 1. The molecule has 2 rings (SSSR count). The largest absolute Gasteiger partial charge is 0.479 e. The SMILES string of the molecule is N#CCOc1ccc(C(=O)/C=C/c2ccccc2[N+](=O)[O-])cc1. The summed E-state index contributed by atoms with van der Waals surface area (Å²) in [6.07, 6.45) is 2.70. The Morgan fingerprint density at radius 2 is 1.91 bits per heavy atom. The van der Waals surface area contributed by atoms with Crippen LogP contribution in [0.5, 0.6) is 5.75 Å². The standard InChI is InChI=1S/C17H12N2O4/c18-11-12-23-15-8-5-14(6-9-15)17(20)10-7-13-3-1-2-4-16(13)19(21)22/h1-10H,12H2/b10-7+. The van der Waals surface area contributed by atoms with Crippen LogP contribution < -0.4 is 4.74 Å². The van der Waals surface area contributed by atoms with Crippen molar-refractivity contribution in [2.24, 2.45) is 0 Å². The van der Waals surface area contributed by atoms with Gasteiger partial charge in [0.2, 0.25) is 0 Å². The number of para-hydroxylation sites is 1. The minimum atomic E-state index is -0.495. The Kier molecular flexibility index (Phi) is 5.21. The van der Waals surface area contributed by atoms with Crippen LogP contribution in [-0.4, -0.2) is 17.3 Å². The van der Waals surface area contributed by atoms with E-state index in [-0.39, 0.29) is 18.1 Å². The topological polar surface area (TPSA) is 93.2 Å². The van der Waals surface area contributed by atoms with Gasteiger partial charge < -0.3 is 4.74 Å². The molecule has 0 amide bonds.